The first-order valence-corrected chi connectivity index (χ1v) is 8.04. The summed E-state index contributed by atoms with van der Waals surface area (Å²) in [7, 11) is 0. The molecule has 0 radical (unpaired) electrons. The van der Waals surface area contributed by atoms with Crippen molar-refractivity contribution in [3.8, 4) is 0 Å². The van der Waals surface area contributed by atoms with Crippen LogP contribution in [0.25, 0.3) is 0 Å². The first-order chi connectivity index (χ1) is 11.7. The van der Waals surface area contributed by atoms with Crippen LogP contribution < -0.4 is 10.2 Å². The second-order valence-electron chi connectivity index (χ2n) is 5.60. The van der Waals surface area contributed by atoms with Gasteiger partial charge in [0.2, 0.25) is 0 Å². The fraction of sp³-hybridized carbons (Fsp3) is 0.333. The van der Waals surface area contributed by atoms with Crippen LogP contribution in [0.3, 0.4) is 0 Å². The van der Waals surface area contributed by atoms with E-state index in [0.717, 1.165) is 18.8 Å². The molecule has 5 nitrogen and oxygen atoms in total. The standard InChI is InChI=1S/C18H20FN3O2/c19-16-4-2-1-3-14(16)5-7-21-18(23)17-13-15(6-8-20-17)22-9-11-24-12-10-22/h1-4,6,8,13H,5,7,9-12H2,(H,21,23). The molecule has 3 rings (SSSR count). The fourth-order valence-electron chi connectivity index (χ4n) is 2.66. The van der Waals surface area contributed by atoms with Crippen molar-refractivity contribution in [1.29, 1.82) is 0 Å². The third-order valence-electron chi connectivity index (χ3n) is 3.99. The number of carbonyl (C=O) groups excluding carboxylic acids is 1. The van der Waals surface area contributed by atoms with Crippen molar-refractivity contribution in [1.82, 2.24) is 10.3 Å². The lowest BCUT2D eigenvalue weighted by Gasteiger charge is -2.28. The zero-order chi connectivity index (χ0) is 16.8. The lowest BCUT2D eigenvalue weighted by atomic mass is 10.1. The van der Waals surface area contributed by atoms with Gasteiger partial charge in [0.15, 0.2) is 0 Å². The Balaban J connectivity index is 1.57. The van der Waals surface area contributed by atoms with Crippen LogP contribution in [-0.2, 0) is 11.2 Å². The van der Waals surface area contributed by atoms with E-state index in [9.17, 15) is 9.18 Å². The highest BCUT2D eigenvalue weighted by Crippen LogP contribution is 2.16. The summed E-state index contributed by atoms with van der Waals surface area (Å²) < 4.78 is 18.9. The molecular formula is C18H20FN3O2. The first-order valence-electron chi connectivity index (χ1n) is 8.04. The lowest BCUT2D eigenvalue weighted by molar-refractivity contribution is 0.0949. The molecule has 1 fully saturated rings. The van der Waals surface area contributed by atoms with Crippen LogP contribution >= 0.6 is 0 Å². The van der Waals surface area contributed by atoms with Crippen LogP contribution in [0.15, 0.2) is 42.6 Å². The van der Waals surface area contributed by atoms with E-state index in [2.05, 4.69) is 15.2 Å². The molecule has 1 aromatic heterocycles. The van der Waals surface area contributed by atoms with E-state index in [4.69, 9.17) is 4.74 Å². The molecule has 1 aromatic carbocycles. The Hall–Kier alpha value is -2.47. The average Bonchev–Trinajstić information content (AvgIpc) is 2.64. The molecule has 126 valence electrons. The van der Waals surface area contributed by atoms with Crippen LogP contribution in [0.4, 0.5) is 10.1 Å². The van der Waals surface area contributed by atoms with Gasteiger partial charge in [-0.3, -0.25) is 9.78 Å². The zero-order valence-electron chi connectivity index (χ0n) is 13.4. The Morgan fingerprint density at radius 3 is 2.83 bits per heavy atom. The zero-order valence-corrected chi connectivity index (χ0v) is 13.4. The largest absolute Gasteiger partial charge is 0.378 e. The summed E-state index contributed by atoms with van der Waals surface area (Å²) in [5.74, 6) is -0.499. The van der Waals surface area contributed by atoms with Crippen LogP contribution in [0.5, 0.6) is 0 Å². The molecular weight excluding hydrogens is 309 g/mol. The second kappa shape index (κ2) is 7.88. The summed E-state index contributed by atoms with van der Waals surface area (Å²) in [5, 5.41) is 2.79. The number of morpholine rings is 1. The summed E-state index contributed by atoms with van der Waals surface area (Å²) in [6, 6.07) is 10.3. The van der Waals surface area contributed by atoms with Gasteiger partial charge in [0.05, 0.1) is 13.2 Å². The molecule has 1 N–H and O–H groups in total. The molecule has 6 heteroatoms. The number of rotatable bonds is 5. The fourth-order valence-corrected chi connectivity index (χ4v) is 2.66. The summed E-state index contributed by atoms with van der Waals surface area (Å²) >= 11 is 0. The van der Waals surface area contributed by atoms with Gasteiger partial charge in [-0.2, -0.15) is 0 Å². The van der Waals surface area contributed by atoms with Crippen LogP contribution in [0.1, 0.15) is 16.1 Å². The van der Waals surface area contributed by atoms with Gasteiger partial charge >= 0.3 is 0 Å². The van der Waals surface area contributed by atoms with Crippen molar-refractivity contribution in [3.05, 3.63) is 59.7 Å². The number of benzene rings is 1. The van der Waals surface area contributed by atoms with Crippen LogP contribution in [-0.4, -0.2) is 43.7 Å². The molecule has 1 saturated heterocycles. The third-order valence-corrected chi connectivity index (χ3v) is 3.99. The summed E-state index contributed by atoms with van der Waals surface area (Å²) in [5.41, 5.74) is 1.92. The van der Waals surface area contributed by atoms with E-state index in [-0.39, 0.29) is 11.7 Å². The number of hydrogen-bond acceptors (Lipinski definition) is 4. The van der Waals surface area contributed by atoms with Crippen molar-refractivity contribution in [3.63, 3.8) is 0 Å². The summed E-state index contributed by atoms with van der Waals surface area (Å²) in [4.78, 5) is 18.5. The molecule has 1 aliphatic heterocycles. The van der Waals surface area contributed by atoms with Gasteiger partial charge in [0, 0.05) is 31.5 Å². The van der Waals surface area contributed by atoms with Crippen LogP contribution in [0, 0.1) is 5.82 Å². The minimum atomic E-state index is -0.251. The molecule has 0 unspecified atom stereocenters. The first kappa shape index (κ1) is 16.4. The van der Waals surface area contributed by atoms with Gasteiger partial charge in [0.25, 0.3) is 5.91 Å². The van der Waals surface area contributed by atoms with E-state index in [1.807, 2.05) is 6.07 Å². The highest BCUT2D eigenvalue weighted by molar-refractivity contribution is 5.93. The van der Waals surface area contributed by atoms with Crippen molar-refractivity contribution in [2.24, 2.45) is 0 Å². The molecule has 0 bridgehead atoms. The lowest BCUT2D eigenvalue weighted by Crippen LogP contribution is -2.36. The number of hydrogen-bond donors (Lipinski definition) is 1. The van der Waals surface area contributed by atoms with E-state index in [1.165, 1.54) is 6.07 Å². The predicted octanol–water partition coefficient (Wildman–Crippen LogP) is 2.03. The molecule has 0 spiro atoms. The number of anilines is 1. The minimum Gasteiger partial charge on any atom is -0.378 e. The normalized spacial score (nSPS) is 14.5. The number of nitrogens with zero attached hydrogens (tertiary/aromatic N) is 2. The van der Waals surface area contributed by atoms with E-state index >= 15 is 0 Å². The number of pyridine rings is 1. The van der Waals surface area contributed by atoms with Gasteiger partial charge in [0.1, 0.15) is 11.5 Å². The highest BCUT2D eigenvalue weighted by Gasteiger charge is 2.14. The molecule has 2 heterocycles. The predicted molar refractivity (Wildman–Crippen MR) is 89.7 cm³/mol. The highest BCUT2D eigenvalue weighted by atomic mass is 19.1. The number of aromatic nitrogens is 1. The smallest absolute Gasteiger partial charge is 0.269 e. The Morgan fingerprint density at radius 1 is 1.25 bits per heavy atom. The van der Waals surface area contributed by atoms with Gasteiger partial charge in [-0.1, -0.05) is 18.2 Å². The van der Waals surface area contributed by atoms with Crippen LogP contribution in [0.2, 0.25) is 0 Å². The maximum Gasteiger partial charge on any atom is 0.269 e. The number of ether oxygens (including phenoxy) is 1. The molecule has 1 aliphatic rings. The molecule has 0 saturated carbocycles. The van der Waals surface area contributed by atoms with Crippen molar-refractivity contribution in [2.75, 3.05) is 37.7 Å². The number of amides is 1. The van der Waals surface area contributed by atoms with Crippen molar-refractivity contribution in [2.45, 2.75) is 6.42 Å². The summed E-state index contributed by atoms with van der Waals surface area (Å²) in [6.07, 6.45) is 2.08. The number of halogens is 1. The van der Waals surface area contributed by atoms with Gasteiger partial charge < -0.3 is 15.0 Å². The second-order valence-corrected chi connectivity index (χ2v) is 5.60. The van der Waals surface area contributed by atoms with Crippen molar-refractivity contribution < 1.29 is 13.9 Å². The Kier molecular flexibility index (Phi) is 5.38. The Labute approximate surface area is 140 Å². The SMILES string of the molecule is O=C(NCCc1ccccc1F)c1cc(N2CCOCC2)ccn1. The maximum atomic E-state index is 13.6. The molecule has 0 aliphatic carbocycles. The monoisotopic (exact) mass is 329 g/mol. The van der Waals surface area contributed by atoms with E-state index < -0.39 is 0 Å². The van der Waals surface area contributed by atoms with Gasteiger partial charge in [-0.15, -0.1) is 0 Å². The topological polar surface area (TPSA) is 54.5 Å². The Bertz CT molecular complexity index is 702. The molecule has 2 aromatic rings. The average molecular weight is 329 g/mol. The maximum absolute atomic E-state index is 13.6. The molecule has 1 amide bonds. The van der Waals surface area contributed by atoms with Gasteiger partial charge in [-0.05, 0) is 30.2 Å². The summed E-state index contributed by atoms with van der Waals surface area (Å²) in [6.45, 7) is 3.35. The quantitative estimate of drug-likeness (QED) is 0.912. The minimum absolute atomic E-state index is 0.249. The number of nitrogens with one attached hydrogen (secondary N) is 1. The Morgan fingerprint density at radius 2 is 2.04 bits per heavy atom. The number of carbonyl (C=O) groups is 1. The molecule has 24 heavy (non-hydrogen) atoms. The van der Waals surface area contributed by atoms with E-state index in [1.54, 1.807) is 30.5 Å². The van der Waals surface area contributed by atoms with Gasteiger partial charge in [-0.25, -0.2) is 4.39 Å². The third kappa shape index (κ3) is 4.08. The molecule has 0 atom stereocenters. The van der Waals surface area contributed by atoms with E-state index in [0.29, 0.717) is 37.4 Å². The van der Waals surface area contributed by atoms with Crippen molar-refractivity contribution >= 4 is 11.6 Å².